The van der Waals surface area contributed by atoms with E-state index in [1.54, 1.807) is 5.01 Å². The molecular formula is C9H18ClN3O2S. The fourth-order valence-electron chi connectivity index (χ4n) is 0.663. The van der Waals surface area contributed by atoms with Crippen molar-refractivity contribution >= 4 is 28.1 Å². The summed E-state index contributed by atoms with van der Waals surface area (Å²) in [5.41, 5.74) is 1.03. The zero-order chi connectivity index (χ0) is 11.9. The molecule has 4 N–H and O–H groups in total. The summed E-state index contributed by atoms with van der Waals surface area (Å²) in [5, 5.41) is 6.09. The Hall–Kier alpha value is -0.820. The van der Waals surface area contributed by atoms with E-state index in [4.69, 9.17) is 5.84 Å². The number of halogens is 1. The molecule has 1 aromatic rings. The minimum atomic E-state index is -3.16. The molecule has 0 aliphatic heterocycles. The number of hydrogen-bond acceptors (Lipinski definition) is 4. The average molecular weight is 268 g/mol. The van der Waals surface area contributed by atoms with Crippen molar-refractivity contribution in [3.63, 3.8) is 0 Å². The number of hydrogen-bond donors (Lipinski definition) is 2. The van der Waals surface area contributed by atoms with Crippen LogP contribution in [-0.2, 0) is 10.0 Å². The van der Waals surface area contributed by atoms with Gasteiger partial charge in [0.1, 0.15) is 0 Å². The van der Waals surface area contributed by atoms with Crippen LogP contribution >= 0.6 is 12.4 Å². The first-order chi connectivity index (χ1) is 6.87. The van der Waals surface area contributed by atoms with Crippen LogP contribution in [0.4, 0.5) is 5.69 Å². The van der Waals surface area contributed by atoms with E-state index in [1.165, 1.54) is 6.92 Å². The van der Waals surface area contributed by atoms with Gasteiger partial charge in [-0.3, -0.25) is 0 Å². The third kappa shape index (κ3) is 9.72. The van der Waals surface area contributed by atoms with Gasteiger partial charge in [0.15, 0.2) is 0 Å². The molecule has 0 saturated heterocycles. The molecule has 0 spiro atoms. The van der Waals surface area contributed by atoms with Crippen LogP contribution in [0.2, 0.25) is 0 Å². The van der Waals surface area contributed by atoms with Crippen molar-refractivity contribution in [1.82, 2.24) is 0 Å². The lowest BCUT2D eigenvalue weighted by atomic mass is 10.3. The summed E-state index contributed by atoms with van der Waals surface area (Å²) in [6.45, 7) is 1.50. The van der Waals surface area contributed by atoms with Crippen LogP contribution in [0, 0.1) is 0 Å². The van der Waals surface area contributed by atoms with Crippen LogP contribution < -0.4 is 16.0 Å². The van der Waals surface area contributed by atoms with E-state index >= 15 is 0 Å². The van der Waals surface area contributed by atoms with Crippen LogP contribution in [0.3, 0.4) is 0 Å². The number of sulfonamides is 1. The highest BCUT2D eigenvalue weighted by Gasteiger charge is 1.91. The Kier molecular flexibility index (Phi) is 9.17. The van der Waals surface area contributed by atoms with E-state index in [9.17, 15) is 8.42 Å². The van der Waals surface area contributed by atoms with Crippen LogP contribution in [0.15, 0.2) is 30.3 Å². The molecule has 1 rings (SSSR count). The molecule has 0 aliphatic carbocycles. The maximum atomic E-state index is 9.78. The van der Waals surface area contributed by atoms with Gasteiger partial charge in [0.05, 0.1) is 11.4 Å². The molecule has 0 radical (unpaired) electrons. The molecule has 16 heavy (non-hydrogen) atoms. The second-order valence-corrected chi connectivity index (χ2v) is 4.80. The molecular weight excluding hydrogens is 250 g/mol. The number of rotatable bonds is 2. The highest BCUT2D eigenvalue weighted by atomic mass is 35.5. The van der Waals surface area contributed by atoms with E-state index in [0.29, 0.717) is 0 Å². The van der Waals surface area contributed by atoms with Crippen molar-refractivity contribution in [2.24, 2.45) is 11.0 Å². The average Bonchev–Trinajstić information content (AvgIpc) is 2.19. The van der Waals surface area contributed by atoms with E-state index in [2.05, 4.69) is 5.14 Å². The van der Waals surface area contributed by atoms with Crippen molar-refractivity contribution in [2.45, 2.75) is 6.92 Å². The van der Waals surface area contributed by atoms with Gasteiger partial charge in [0, 0.05) is 7.05 Å². The van der Waals surface area contributed by atoms with Gasteiger partial charge in [-0.2, -0.15) is 0 Å². The quantitative estimate of drug-likeness (QED) is 0.610. The molecule has 0 aliphatic rings. The molecule has 0 saturated carbocycles. The van der Waals surface area contributed by atoms with E-state index in [-0.39, 0.29) is 18.2 Å². The molecule has 0 fully saturated rings. The fraction of sp³-hybridized carbons (Fsp3) is 0.333. The number of primary sulfonamides is 1. The smallest absolute Gasteiger partial charge is 0.208 e. The Bertz CT molecular complexity index is 368. The SMILES string of the molecule is CCS(N)(=O)=O.CN(N)c1ccccc1.Cl. The third-order valence-corrected chi connectivity index (χ3v) is 2.37. The topological polar surface area (TPSA) is 89.4 Å². The van der Waals surface area contributed by atoms with Crippen molar-refractivity contribution in [1.29, 1.82) is 0 Å². The highest BCUT2D eigenvalue weighted by Crippen LogP contribution is 2.05. The fourth-order valence-corrected chi connectivity index (χ4v) is 0.663. The number of anilines is 1. The summed E-state index contributed by atoms with van der Waals surface area (Å²) in [6.07, 6.45) is 0. The molecule has 7 heteroatoms. The van der Waals surface area contributed by atoms with Crippen LogP contribution in [0.1, 0.15) is 6.92 Å². The van der Waals surface area contributed by atoms with Crippen LogP contribution in [-0.4, -0.2) is 21.2 Å². The molecule has 5 nitrogen and oxygen atoms in total. The number of nitrogens with two attached hydrogens (primary N) is 2. The number of benzene rings is 1. The zero-order valence-corrected chi connectivity index (χ0v) is 11.0. The Morgan fingerprint density at radius 2 is 1.62 bits per heavy atom. The standard InChI is InChI=1S/C7H10N2.C2H7NO2S.ClH/c1-9(8)7-5-3-2-4-6-7;1-2-6(3,4)5;/h2-6H,8H2,1H3;2H2,1H3,(H2,3,4,5);1H. The van der Waals surface area contributed by atoms with Crippen LogP contribution in [0.25, 0.3) is 0 Å². The van der Waals surface area contributed by atoms with E-state index in [1.807, 2.05) is 37.4 Å². The monoisotopic (exact) mass is 267 g/mol. The van der Waals surface area contributed by atoms with E-state index in [0.717, 1.165) is 5.69 Å². The van der Waals surface area contributed by atoms with Crippen LogP contribution in [0.5, 0.6) is 0 Å². The molecule has 1 aromatic carbocycles. The molecule has 0 unspecified atom stereocenters. The molecule has 94 valence electrons. The van der Waals surface area contributed by atoms with Gasteiger partial charge in [0.2, 0.25) is 10.0 Å². The summed E-state index contributed by atoms with van der Waals surface area (Å²) in [6, 6.07) is 9.80. The molecule has 0 aromatic heterocycles. The summed E-state index contributed by atoms with van der Waals surface area (Å²) in [4.78, 5) is 0. The summed E-state index contributed by atoms with van der Waals surface area (Å²) in [5.74, 6) is 5.47. The van der Waals surface area contributed by atoms with Gasteiger partial charge >= 0.3 is 0 Å². The Labute approximate surface area is 103 Å². The first-order valence-electron chi connectivity index (χ1n) is 4.40. The maximum Gasteiger partial charge on any atom is 0.208 e. The second kappa shape index (κ2) is 8.35. The normalized spacial score (nSPS) is 9.50. The first-order valence-corrected chi connectivity index (χ1v) is 6.12. The lowest BCUT2D eigenvalue weighted by molar-refractivity contribution is 0.599. The van der Waals surface area contributed by atoms with Crippen molar-refractivity contribution in [2.75, 3.05) is 17.8 Å². The molecule has 0 bridgehead atoms. The van der Waals surface area contributed by atoms with Gasteiger partial charge in [0.25, 0.3) is 0 Å². The van der Waals surface area contributed by atoms with Gasteiger partial charge in [-0.15, -0.1) is 12.4 Å². The first kappa shape index (κ1) is 17.6. The summed E-state index contributed by atoms with van der Waals surface area (Å²) >= 11 is 0. The number of hydrazine groups is 1. The second-order valence-electron chi connectivity index (χ2n) is 2.90. The molecule has 0 amide bonds. The largest absolute Gasteiger partial charge is 0.314 e. The third-order valence-electron chi connectivity index (χ3n) is 1.57. The minimum absolute atomic E-state index is 0. The van der Waals surface area contributed by atoms with Gasteiger partial charge in [-0.1, -0.05) is 18.2 Å². The predicted molar refractivity (Wildman–Crippen MR) is 69.9 cm³/mol. The predicted octanol–water partition coefficient (Wildman–Crippen LogP) is 0.713. The maximum absolute atomic E-state index is 9.78. The Balaban J connectivity index is 0. The Morgan fingerprint density at radius 1 is 1.25 bits per heavy atom. The van der Waals surface area contributed by atoms with Gasteiger partial charge in [-0.25, -0.2) is 19.4 Å². The lowest BCUT2D eigenvalue weighted by Crippen LogP contribution is -2.24. The van der Waals surface area contributed by atoms with Gasteiger partial charge < -0.3 is 5.01 Å². The van der Waals surface area contributed by atoms with Crippen molar-refractivity contribution in [3.8, 4) is 0 Å². The van der Waals surface area contributed by atoms with E-state index < -0.39 is 10.0 Å². The van der Waals surface area contributed by atoms with Crippen molar-refractivity contribution < 1.29 is 8.42 Å². The highest BCUT2D eigenvalue weighted by molar-refractivity contribution is 7.89. The molecule has 0 heterocycles. The summed E-state index contributed by atoms with van der Waals surface area (Å²) in [7, 11) is -1.35. The van der Waals surface area contributed by atoms with Crippen molar-refractivity contribution in [3.05, 3.63) is 30.3 Å². The lowest BCUT2D eigenvalue weighted by Gasteiger charge is -2.09. The molecule has 0 atom stereocenters. The van der Waals surface area contributed by atoms with Gasteiger partial charge in [-0.05, 0) is 19.1 Å². The number of para-hydroxylation sites is 1. The summed E-state index contributed by atoms with van der Waals surface area (Å²) < 4.78 is 19.6. The number of nitrogens with zero attached hydrogens (tertiary/aromatic N) is 1. The Morgan fingerprint density at radius 3 is 1.81 bits per heavy atom. The zero-order valence-electron chi connectivity index (χ0n) is 9.33. The minimum Gasteiger partial charge on any atom is -0.314 e.